The molecule has 0 bridgehead atoms. The summed E-state index contributed by atoms with van der Waals surface area (Å²) in [6.07, 6.45) is 0. The Labute approximate surface area is 104 Å². The highest BCUT2D eigenvalue weighted by molar-refractivity contribution is 14.1. The molecule has 0 radical (unpaired) electrons. The van der Waals surface area contributed by atoms with E-state index in [9.17, 15) is 0 Å². The van der Waals surface area contributed by atoms with E-state index in [1.807, 2.05) is 0 Å². The number of nitrogens with zero attached hydrogens (tertiary/aromatic N) is 3. The largest absolute Gasteiger partial charge is 0.395 e. The number of H-pyrrole nitrogens is 1. The van der Waals surface area contributed by atoms with Gasteiger partial charge in [-0.05, 0) is 34.2 Å². The quantitative estimate of drug-likeness (QED) is 0.574. The fourth-order valence-electron chi connectivity index (χ4n) is 1.17. The van der Waals surface area contributed by atoms with Crippen LogP contribution in [0.15, 0.2) is 0 Å². The summed E-state index contributed by atoms with van der Waals surface area (Å²) >= 11 is 7.81. The van der Waals surface area contributed by atoms with Crippen LogP contribution in [-0.4, -0.2) is 38.4 Å². The van der Waals surface area contributed by atoms with Gasteiger partial charge in [-0.3, -0.25) is 5.10 Å². The molecule has 0 aliphatic heterocycles. The Balaban J connectivity index is 2.53. The van der Waals surface area contributed by atoms with E-state index < -0.39 is 0 Å². The number of aliphatic hydroxyl groups excluding tert-OH is 1. The molecule has 0 aliphatic carbocycles. The number of hydrogen-bond acceptors (Lipinski definition) is 5. The highest BCUT2D eigenvalue weighted by atomic mass is 127. The normalized spacial score (nSPS) is 10.9. The van der Waals surface area contributed by atoms with E-state index in [2.05, 4.69) is 48.1 Å². The molecule has 0 saturated heterocycles. The van der Waals surface area contributed by atoms with Gasteiger partial charge in [0, 0.05) is 6.54 Å². The van der Waals surface area contributed by atoms with Crippen molar-refractivity contribution in [1.29, 1.82) is 0 Å². The third-order valence-corrected chi connectivity index (χ3v) is 2.70. The molecule has 2 aromatic heterocycles. The van der Waals surface area contributed by atoms with Crippen LogP contribution in [-0.2, 0) is 0 Å². The van der Waals surface area contributed by atoms with E-state index in [1.165, 1.54) is 0 Å². The molecule has 0 aliphatic rings. The zero-order valence-corrected chi connectivity index (χ0v) is 10.4. The van der Waals surface area contributed by atoms with Crippen LogP contribution >= 0.6 is 34.2 Å². The number of rotatable bonds is 3. The summed E-state index contributed by atoms with van der Waals surface area (Å²) in [6.45, 7) is 0.432. The van der Waals surface area contributed by atoms with Crippen LogP contribution in [0.4, 0.5) is 5.82 Å². The van der Waals surface area contributed by atoms with E-state index >= 15 is 0 Å². The lowest BCUT2D eigenvalue weighted by atomic mass is 10.4. The third-order valence-electron chi connectivity index (χ3n) is 1.75. The summed E-state index contributed by atoms with van der Waals surface area (Å²) in [5, 5.41) is 19.4. The second-order valence-corrected chi connectivity index (χ2v) is 4.09. The first-order valence-electron chi connectivity index (χ1n) is 4.14. The predicted octanol–water partition coefficient (Wildman–Crippen LogP) is 1.02. The van der Waals surface area contributed by atoms with E-state index in [0.29, 0.717) is 18.0 Å². The topological polar surface area (TPSA) is 86.7 Å². The Morgan fingerprint density at radius 3 is 3.00 bits per heavy atom. The number of fused-ring (bicyclic) bond motifs is 1. The molecule has 0 amide bonds. The third kappa shape index (κ3) is 2.13. The molecule has 0 fully saturated rings. The summed E-state index contributed by atoms with van der Waals surface area (Å²) < 4.78 is 0.764. The van der Waals surface area contributed by atoms with Gasteiger partial charge in [0.15, 0.2) is 5.65 Å². The van der Waals surface area contributed by atoms with Gasteiger partial charge < -0.3 is 10.4 Å². The lowest BCUT2D eigenvalue weighted by molar-refractivity contribution is 0.311. The van der Waals surface area contributed by atoms with Crippen LogP contribution in [0.25, 0.3) is 11.0 Å². The maximum Gasteiger partial charge on any atom is 0.226 e. The van der Waals surface area contributed by atoms with E-state index in [4.69, 9.17) is 16.7 Å². The molecule has 8 heteroatoms. The van der Waals surface area contributed by atoms with Crippen LogP contribution in [0.5, 0.6) is 0 Å². The Morgan fingerprint density at radius 1 is 1.47 bits per heavy atom. The number of halogens is 2. The van der Waals surface area contributed by atoms with Crippen LogP contribution in [0.1, 0.15) is 0 Å². The van der Waals surface area contributed by atoms with Gasteiger partial charge in [0.2, 0.25) is 5.28 Å². The van der Waals surface area contributed by atoms with Gasteiger partial charge in [-0.2, -0.15) is 15.1 Å². The van der Waals surface area contributed by atoms with Crippen molar-refractivity contribution in [2.75, 3.05) is 18.5 Å². The minimum atomic E-state index is 0.0253. The van der Waals surface area contributed by atoms with Gasteiger partial charge in [-0.15, -0.1) is 0 Å². The number of hydrogen-bond donors (Lipinski definition) is 3. The molecule has 0 saturated carbocycles. The Morgan fingerprint density at radius 2 is 2.27 bits per heavy atom. The molecule has 80 valence electrons. The van der Waals surface area contributed by atoms with Gasteiger partial charge in [-0.25, -0.2) is 0 Å². The van der Waals surface area contributed by atoms with Crippen molar-refractivity contribution in [3.05, 3.63) is 8.98 Å². The summed E-state index contributed by atoms with van der Waals surface area (Å²) in [6, 6.07) is 0. The molecule has 6 nitrogen and oxygen atoms in total. The average molecular weight is 340 g/mol. The fraction of sp³-hybridized carbons (Fsp3) is 0.286. The lowest BCUT2D eigenvalue weighted by Crippen LogP contribution is -2.08. The second-order valence-electron chi connectivity index (χ2n) is 2.73. The minimum absolute atomic E-state index is 0.0253. The van der Waals surface area contributed by atoms with Crippen LogP contribution in [0, 0.1) is 3.70 Å². The van der Waals surface area contributed by atoms with Crippen LogP contribution in [0.2, 0.25) is 5.28 Å². The molecular weight excluding hydrogens is 332 g/mol. The molecule has 2 heterocycles. The number of aromatic amines is 1. The number of aliphatic hydroxyl groups is 1. The zero-order chi connectivity index (χ0) is 10.8. The summed E-state index contributed by atoms with van der Waals surface area (Å²) in [5.74, 6) is 0.581. The molecule has 0 unspecified atom stereocenters. The zero-order valence-electron chi connectivity index (χ0n) is 7.46. The molecule has 0 atom stereocenters. The molecule has 2 rings (SSSR count). The van der Waals surface area contributed by atoms with Crippen molar-refractivity contribution in [1.82, 2.24) is 20.2 Å². The Kier molecular flexibility index (Phi) is 3.22. The van der Waals surface area contributed by atoms with Crippen LogP contribution < -0.4 is 5.32 Å². The number of anilines is 1. The van der Waals surface area contributed by atoms with Crippen molar-refractivity contribution in [2.24, 2.45) is 0 Å². The second kappa shape index (κ2) is 4.45. The smallest absolute Gasteiger partial charge is 0.226 e. The first-order chi connectivity index (χ1) is 7.22. The number of aromatic nitrogens is 4. The molecular formula is C7H7ClIN5O. The first-order valence-corrected chi connectivity index (χ1v) is 5.60. The van der Waals surface area contributed by atoms with Gasteiger partial charge in [0.1, 0.15) is 9.52 Å². The molecule has 3 N–H and O–H groups in total. The fourth-order valence-corrected chi connectivity index (χ4v) is 1.97. The first kappa shape index (κ1) is 10.8. The highest BCUT2D eigenvalue weighted by Crippen LogP contribution is 2.24. The van der Waals surface area contributed by atoms with Gasteiger partial charge in [-0.1, -0.05) is 0 Å². The standard InChI is InChI=1S/C7H7ClIN5O/c8-7-11-5(10-1-2-15)3-4(9)13-14-6(3)12-7/h15H,1-2H2,(H2,10,11,12,13,14). The maximum atomic E-state index is 8.72. The van der Waals surface area contributed by atoms with Crippen LogP contribution in [0.3, 0.4) is 0 Å². The summed E-state index contributed by atoms with van der Waals surface area (Å²) in [4.78, 5) is 8.03. The molecule has 0 spiro atoms. The van der Waals surface area contributed by atoms with Crippen molar-refractivity contribution in [3.8, 4) is 0 Å². The predicted molar refractivity (Wildman–Crippen MR) is 65.0 cm³/mol. The van der Waals surface area contributed by atoms with Crippen molar-refractivity contribution >= 4 is 51.0 Å². The van der Waals surface area contributed by atoms with Gasteiger partial charge in [0.05, 0.1) is 12.0 Å². The van der Waals surface area contributed by atoms with E-state index in [0.717, 1.165) is 9.09 Å². The van der Waals surface area contributed by atoms with Gasteiger partial charge >= 0.3 is 0 Å². The van der Waals surface area contributed by atoms with Crippen molar-refractivity contribution in [2.45, 2.75) is 0 Å². The average Bonchev–Trinajstić information content (AvgIpc) is 2.56. The van der Waals surface area contributed by atoms with Crippen molar-refractivity contribution in [3.63, 3.8) is 0 Å². The maximum absolute atomic E-state index is 8.72. The number of nitrogens with one attached hydrogen (secondary N) is 2. The summed E-state index contributed by atoms with van der Waals surface area (Å²) in [5.41, 5.74) is 0.583. The monoisotopic (exact) mass is 339 g/mol. The molecule has 0 aromatic carbocycles. The SMILES string of the molecule is OCCNc1nc(Cl)nc2[nH]nc(I)c12. The van der Waals surface area contributed by atoms with Crippen molar-refractivity contribution < 1.29 is 5.11 Å². The summed E-state index contributed by atoms with van der Waals surface area (Å²) in [7, 11) is 0. The molecule has 15 heavy (non-hydrogen) atoms. The Hall–Kier alpha value is -0.670. The Bertz CT molecular complexity index is 487. The van der Waals surface area contributed by atoms with E-state index in [1.54, 1.807) is 0 Å². The minimum Gasteiger partial charge on any atom is -0.395 e. The molecule has 2 aromatic rings. The highest BCUT2D eigenvalue weighted by Gasteiger charge is 2.12. The van der Waals surface area contributed by atoms with Gasteiger partial charge in [0.25, 0.3) is 0 Å². The van der Waals surface area contributed by atoms with E-state index in [-0.39, 0.29) is 11.9 Å². The lowest BCUT2D eigenvalue weighted by Gasteiger charge is -2.04.